The summed E-state index contributed by atoms with van der Waals surface area (Å²) in [4.78, 5) is 25.8. The molecule has 0 unspecified atom stereocenters. The number of amides is 2. The second-order valence-corrected chi connectivity index (χ2v) is 3.52. The summed E-state index contributed by atoms with van der Waals surface area (Å²) in [5.74, 6) is 5.03. The number of carbonyl (C=O) groups is 2. The van der Waals surface area contributed by atoms with E-state index in [1.807, 2.05) is 0 Å². The van der Waals surface area contributed by atoms with E-state index in [1.165, 1.54) is 12.1 Å². The summed E-state index contributed by atoms with van der Waals surface area (Å²) >= 11 is 5.70. The minimum Gasteiger partial charge on any atom is -0.448 e. The Bertz CT molecular complexity index is 454. The first kappa shape index (κ1) is 14.0. The van der Waals surface area contributed by atoms with Crippen molar-refractivity contribution in [3.8, 4) is 0 Å². The molecule has 1 heterocycles. The summed E-state index contributed by atoms with van der Waals surface area (Å²) in [6, 6.07) is 2.81. The van der Waals surface area contributed by atoms with Crippen molar-refractivity contribution in [3.05, 3.63) is 22.8 Å². The van der Waals surface area contributed by atoms with Gasteiger partial charge in [0.1, 0.15) is 17.6 Å². The van der Waals surface area contributed by atoms with Crippen molar-refractivity contribution in [2.24, 2.45) is 11.6 Å². The maximum absolute atomic E-state index is 11.7. The van der Waals surface area contributed by atoms with Crippen LogP contribution in [-0.2, 0) is 4.74 Å². The van der Waals surface area contributed by atoms with E-state index in [2.05, 4.69) is 20.5 Å². The number of rotatable bonds is 5. The Labute approximate surface area is 108 Å². The van der Waals surface area contributed by atoms with Gasteiger partial charge in [0, 0.05) is 5.56 Å². The fourth-order valence-corrected chi connectivity index (χ4v) is 1.33. The molecular weight excluding hydrogens is 262 g/mol. The van der Waals surface area contributed by atoms with E-state index in [-0.39, 0.29) is 29.7 Å². The minimum atomic E-state index is -0.897. The molecule has 18 heavy (non-hydrogen) atoms. The van der Waals surface area contributed by atoms with Crippen molar-refractivity contribution in [2.45, 2.75) is 0 Å². The van der Waals surface area contributed by atoms with Gasteiger partial charge >= 0.3 is 6.09 Å². The first-order valence-electron chi connectivity index (χ1n) is 4.87. The maximum atomic E-state index is 11.7. The predicted octanol–water partition coefficient (Wildman–Crippen LogP) is -0.154. The molecule has 1 aromatic heterocycles. The van der Waals surface area contributed by atoms with Crippen molar-refractivity contribution in [1.29, 1.82) is 0 Å². The van der Waals surface area contributed by atoms with E-state index in [4.69, 9.17) is 23.2 Å². The lowest BCUT2D eigenvalue weighted by Gasteiger charge is -2.07. The number of pyridine rings is 1. The number of nitrogen functional groups attached to an aromatic ring is 1. The number of anilines is 1. The van der Waals surface area contributed by atoms with Gasteiger partial charge < -0.3 is 21.2 Å². The van der Waals surface area contributed by atoms with E-state index in [1.54, 1.807) is 0 Å². The Kier molecular flexibility index (Phi) is 5.15. The van der Waals surface area contributed by atoms with Gasteiger partial charge in [-0.2, -0.15) is 0 Å². The number of aromatic nitrogens is 1. The molecule has 6 N–H and O–H groups in total. The number of hydrogen-bond acceptors (Lipinski definition) is 6. The lowest BCUT2D eigenvalue weighted by Crippen LogP contribution is -2.29. The minimum absolute atomic E-state index is 0.0120. The fourth-order valence-electron chi connectivity index (χ4n) is 1.12. The Hall–Kier alpha value is -2.06. The van der Waals surface area contributed by atoms with Crippen molar-refractivity contribution in [3.63, 3.8) is 0 Å². The molecular formula is C9H12ClN5O3. The summed E-state index contributed by atoms with van der Waals surface area (Å²) in [7, 11) is 0. The van der Waals surface area contributed by atoms with E-state index < -0.39 is 12.0 Å². The Morgan fingerprint density at radius 1 is 1.44 bits per heavy atom. The van der Waals surface area contributed by atoms with Crippen molar-refractivity contribution >= 4 is 29.4 Å². The highest BCUT2D eigenvalue weighted by Gasteiger charge is 2.08. The second kappa shape index (κ2) is 6.62. The maximum Gasteiger partial charge on any atom is 0.404 e. The molecule has 8 nitrogen and oxygen atoms in total. The number of hydrazine groups is 1. The molecule has 0 bridgehead atoms. The zero-order valence-electron chi connectivity index (χ0n) is 9.27. The molecule has 0 spiro atoms. The van der Waals surface area contributed by atoms with Crippen LogP contribution in [-0.4, -0.2) is 30.1 Å². The average molecular weight is 274 g/mol. The van der Waals surface area contributed by atoms with E-state index in [0.717, 1.165) is 0 Å². The Morgan fingerprint density at radius 2 is 2.17 bits per heavy atom. The van der Waals surface area contributed by atoms with Gasteiger partial charge in [0.05, 0.1) is 6.54 Å². The molecule has 0 saturated heterocycles. The molecule has 0 aliphatic heterocycles. The largest absolute Gasteiger partial charge is 0.448 e. The molecule has 0 aliphatic rings. The number of ether oxygens (including phenoxy) is 1. The monoisotopic (exact) mass is 273 g/mol. The van der Waals surface area contributed by atoms with Crippen molar-refractivity contribution < 1.29 is 14.3 Å². The zero-order chi connectivity index (χ0) is 13.5. The summed E-state index contributed by atoms with van der Waals surface area (Å²) in [5.41, 5.74) is 7.32. The molecule has 0 atom stereocenters. The number of primary amides is 1. The molecule has 0 aromatic carbocycles. The smallest absolute Gasteiger partial charge is 0.404 e. The van der Waals surface area contributed by atoms with E-state index in [9.17, 15) is 9.59 Å². The molecule has 0 radical (unpaired) electrons. The molecule has 9 heteroatoms. The van der Waals surface area contributed by atoms with Gasteiger partial charge in [0.25, 0.3) is 5.91 Å². The van der Waals surface area contributed by atoms with Crippen LogP contribution >= 0.6 is 11.6 Å². The van der Waals surface area contributed by atoms with Crippen LogP contribution in [0.15, 0.2) is 12.1 Å². The van der Waals surface area contributed by atoms with Crippen LogP contribution < -0.4 is 22.3 Å². The third-order valence-corrected chi connectivity index (χ3v) is 2.03. The number of halogens is 1. The molecule has 0 saturated carbocycles. The Morgan fingerprint density at radius 3 is 2.78 bits per heavy atom. The highest BCUT2D eigenvalue weighted by Crippen LogP contribution is 2.13. The molecule has 1 rings (SSSR count). The Balaban J connectivity index is 2.55. The second-order valence-electron chi connectivity index (χ2n) is 3.13. The van der Waals surface area contributed by atoms with Crippen molar-refractivity contribution in [2.75, 3.05) is 18.6 Å². The first-order valence-corrected chi connectivity index (χ1v) is 5.25. The SMILES string of the molecule is NNc1cc(C(=O)NCCOC(N)=O)cc(Cl)n1. The van der Waals surface area contributed by atoms with Crippen LogP contribution in [0.2, 0.25) is 5.15 Å². The zero-order valence-corrected chi connectivity index (χ0v) is 10.0. The van der Waals surface area contributed by atoms with E-state index >= 15 is 0 Å². The number of nitrogens with two attached hydrogens (primary N) is 2. The predicted molar refractivity (Wildman–Crippen MR) is 64.9 cm³/mol. The van der Waals surface area contributed by atoms with Crippen LogP contribution in [0.25, 0.3) is 0 Å². The topological polar surface area (TPSA) is 132 Å². The third kappa shape index (κ3) is 4.44. The number of nitrogens with zero attached hydrogens (tertiary/aromatic N) is 1. The summed E-state index contributed by atoms with van der Waals surface area (Å²) in [6.07, 6.45) is -0.897. The average Bonchev–Trinajstić information content (AvgIpc) is 2.33. The third-order valence-electron chi connectivity index (χ3n) is 1.84. The summed E-state index contributed by atoms with van der Waals surface area (Å²) in [6.45, 7) is 0.120. The quantitative estimate of drug-likeness (QED) is 0.255. The first-order chi connectivity index (χ1) is 8.52. The lowest BCUT2D eigenvalue weighted by atomic mass is 10.2. The standard InChI is InChI=1S/C9H12ClN5O3/c10-6-3-5(4-7(14-6)15-12)8(16)13-1-2-18-9(11)17/h3-4H,1-2,12H2,(H2,11,17)(H,13,16)(H,14,15). The van der Waals surface area contributed by atoms with Crippen LogP contribution in [0.3, 0.4) is 0 Å². The number of nitrogens with one attached hydrogen (secondary N) is 2. The van der Waals surface area contributed by atoms with Crippen LogP contribution in [0.1, 0.15) is 10.4 Å². The van der Waals surface area contributed by atoms with E-state index in [0.29, 0.717) is 0 Å². The van der Waals surface area contributed by atoms with Gasteiger partial charge in [0.2, 0.25) is 0 Å². The van der Waals surface area contributed by atoms with Crippen LogP contribution in [0, 0.1) is 0 Å². The van der Waals surface area contributed by atoms with Crippen LogP contribution in [0.5, 0.6) is 0 Å². The summed E-state index contributed by atoms with van der Waals surface area (Å²) in [5, 5.41) is 2.63. The molecule has 0 fully saturated rings. The molecule has 1 aromatic rings. The molecule has 2 amide bonds. The van der Waals surface area contributed by atoms with Gasteiger partial charge in [-0.3, -0.25) is 4.79 Å². The summed E-state index contributed by atoms with van der Waals surface area (Å²) < 4.78 is 4.45. The number of hydrogen-bond donors (Lipinski definition) is 4. The molecule has 0 aliphatic carbocycles. The molecule has 98 valence electrons. The highest BCUT2D eigenvalue weighted by atomic mass is 35.5. The fraction of sp³-hybridized carbons (Fsp3) is 0.222. The number of carbonyl (C=O) groups excluding carboxylic acids is 2. The van der Waals surface area contributed by atoms with Gasteiger partial charge in [-0.05, 0) is 12.1 Å². The van der Waals surface area contributed by atoms with Gasteiger partial charge in [-0.15, -0.1) is 0 Å². The van der Waals surface area contributed by atoms with Crippen LogP contribution in [0.4, 0.5) is 10.6 Å². The normalized spacial score (nSPS) is 9.67. The van der Waals surface area contributed by atoms with Crippen molar-refractivity contribution in [1.82, 2.24) is 10.3 Å². The highest BCUT2D eigenvalue weighted by molar-refractivity contribution is 6.29. The van der Waals surface area contributed by atoms with Gasteiger partial charge in [0.15, 0.2) is 0 Å². The van der Waals surface area contributed by atoms with Gasteiger partial charge in [-0.25, -0.2) is 15.6 Å². The van der Waals surface area contributed by atoms with Gasteiger partial charge in [-0.1, -0.05) is 11.6 Å². The lowest BCUT2D eigenvalue weighted by molar-refractivity contribution is 0.0937.